The highest BCUT2D eigenvalue weighted by atomic mass is 79.9. The average Bonchev–Trinajstić information content (AvgIpc) is 2.39. The highest BCUT2D eigenvalue weighted by molar-refractivity contribution is 9.10. The summed E-state index contributed by atoms with van der Waals surface area (Å²) in [7, 11) is 0. The Labute approximate surface area is 131 Å². The van der Waals surface area contributed by atoms with Crippen LogP contribution in [-0.4, -0.2) is 11.5 Å². The maximum absolute atomic E-state index is 6.31. The molecule has 0 radical (unpaired) electrons. The van der Waals surface area contributed by atoms with E-state index >= 15 is 0 Å². The second-order valence-corrected chi connectivity index (χ2v) is 6.12. The summed E-state index contributed by atoms with van der Waals surface area (Å²) in [6.07, 6.45) is 1.06. The minimum Gasteiger partial charge on any atom is -0.384 e. The Balaban J connectivity index is 2.80. The molecule has 2 rings (SSSR count). The van der Waals surface area contributed by atoms with Gasteiger partial charge in [-0.15, -0.1) is 0 Å². The Bertz CT molecular complexity index is 641. The molecule has 1 heterocycles. The highest BCUT2D eigenvalue weighted by Crippen LogP contribution is 2.40. The van der Waals surface area contributed by atoms with Gasteiger partial charge in [-0.25, -0.2) is 0 Å². The lowest BCUT2D eigenvalue weighted by Crippen LogP contribution is -2.05. The molecule has 102 valence electrons. The van der Waals surface area contributed by atoms with Gasteiger partial charge >= 0.3 is 0 Å². The molecule has 0 saturated carbocycles. The molecular formula is C14H15BrCl2N2. The first-order chi connectivity index (χ1) is 8.97. The molecule has 0 atom stereocenters. The quantitative estimate of drug-likeness (QED) is 0.704. The van der Waals surface area contributed by atoms with Crippen molar-refractivity contribution in [1.29, 1.82) is 0 Å². The van der Waals surface area contributed by atoms with Gasteiger partial charge in [-0.3, -0.25) is 4.98 Å². The van der Waals surface area contributed by atoms with Crippen LogP contribution in [0.5, 0.6) is 0 Å². The normalized spacial score (nSPS) is 11.1. The number of hydrogen-bond donors (Lipinski definition) is 1. The van der Waals surface area contributed by atoms with Crippen LogP contribution in [0.25, 0.3) is 10.9 Å². The van der Waals surface area contributed by atoms with Crippen molar-refractivity contribution in [3.05, 3.63) is 31.8 Å². The van der Waals surface area contributed by atoms with Crippen LogP contribution in [0, 0.1) is 13.8 Å². The van der Waals surface area contributed by atoms with E-state index in [4.69, 9.17) is 23.2 Å². The minimum absolute atomic E-state index is 0.494. The maximum Gasteiger partial charge on any atom is 0.0928 e. The fourth-order valence-electron chi connectivity index (χ4n) is 2.00. The highest BCUT2D eigenvalue weighted by Gasteiger charge is 2.15. The molecule has 0 spiro atoms. The largest absolute Gasteiger partial charge is 0.384 e. The van der Waals surface area contributed by atoms with Crippen molar-refractivity contribution in [2.24, 2.45) is 0 Å². The number of anilines is 1. The molecule has 0 aliphatic carbocycles. The monoisotopic (exact) mass is 360 g/mol. The van der Waals surface area contributed by atoms with E-state index in [0.717, 1.165) is 45.3 Å². The summed E-state index contributed by atoms with van der Waals surface area (Å²) in [6, 6.07) is 1.97. The van der Waals surface area contributed by atoms with Crippen LogP contribution in [0.15, 0.2) is 10.5 Å². The summed E-state index contributed by atoms with van der Waals surface area (Å²) >= 11 is 15.9. The Morgan fingerprint density at radius 1 is 1.26 bits per heavy atom. The summed E-state index contributed by atoms with van der Waals surface area (Å²) in [6.45, 7) is 7.10. The van der Waals surface area contributed by atoms with E-state index < -0.39 is 0 Å². The van der Waals surface area contributed by atoms with Gasteiger partial charge in [0.15, 0.2) is 0 Å². The zero-order valence-corrected chi connectivity index (χ0v) is 14.2. The smallest absolute Gasteiger partial charge is 0.0928 e. The van der Waals surface area contributed by atoms with Crippen LogP contribution in [0.2, 0.25) is 10.0 Å². The molecule has 0 bridgehead atoms. The summed E-state index contributed by atoms with van der Waals surface area (Å²) in [5, 5.41) is 5.46. The molecular weight excluding hydrogens is 347 g/mol. The predicted molar refractivity (Wildman–Crippen MR) is 87.7 cm³/mol. The summed E-state index contributed by atoms with van der Waals surface area (Å²) in [4.78, 5) is 4.57. The first-order valence-electron chi connectivity index (χ1n) is 6.15. The van der Waals surface area contributed by atoms with Gasteiger partial charge in [-0.1, -0.05) is 30.1 Å². The van der Waals surface area contributed by atoms with Gasteiger partial charge in [0.2, 0.25) is 0 Å². The Hall–Kier alpha value is -0.510. The Morgan fingerprint density at radius 3 is 2.58 bits per heavy atom. The van der Waals surface area contributed by atoms with Crippen LogP contribution in [0.1, 0.15) is 24.6 Å². The van der Waals surface area contributed by atoms with Crippen LogP contribution < -0.4 is 5.32 Å². The van der Waals surface area contributed by atoms with Crippen molar-refractivity contribution in [2.75, 3.05) is 11.9 Å². The van der Waals surface area contributed by atoms with Crippen molar-refractivity contribution in [3.8, 4) is 0 Å². The topological polar surface area (TPSA) is 24.9 Å². The number of rotatable bonds is 3. The van der Waals surface area contributed by atoms with Gasteiger partial charge < -0.3 is 5.32 Å². The molecule has 2 aromatic rings. The second-order valence-electron chi connectivity index (χ2n) is 4.51. The van der Waals surface area contributed by atoms with E-state index in [-0.39, 0.29) is 0 Å². The van der Waals surface area contributed by atoms with Crippen molar-refractivity contribution in [2.45, 2.75) is 27.2 Å². The number of nitrogens with one attached hydrogen (secondary N) is 1. The number of aromatic nitrogens is 1. The lowest BCUT2D eigenvalue weighted by molar-refractivity contribution is 0.977. The third kappa shape index (κ3) is 2.69. The molecule has 0 aliphatic rings. The van der Waals surface area contributed by atoms with Gasteiger partial charge in [-0.2, -0.15) is 0 Å². The molecule has 0 amide bonds. The molecule has 0 aliphatic heterocycles. The zero-order chi connectivity index (χ0) is 14.2. The summed E-state index contributed by atoms with van der Waals surface area (Å²) < 4.78 is 0.788. The van der Waals surface area contributed by atoms with Crippen LogP contribution >= 0.6 is 39.1 Å². The fourth-order valence-corrected chi connectivity index (χ4v) is 2.93. The number of nitrogens with zero attached hydrogens (tertiary/aromatic N) is 1. The number of fused-ring (bicyclic) bond motifs is 1. The molecule has 5 heteroatoms. The van der Waals surface area contributed by atoms with Gasteiger partial charge in [0.1, 0.15) is 0 Å². The average molecular weight is 362 g/mol. The molecule has 0 fully saturated rings. The molecule has 1 N–H and O–H groups in total. The van der Waals surface area contributed by atoms with E-state index in [9.17, 15) is 0 Å². The molecule has 0 unspecified atom stereocenters. The van der Waals surface area contributed by atoms with Gasteiger partial charge in [0, 0.05) is 27.8 Å². The van der Waals surface area contributed by atoms with Crippen LogP contribution in [-0.2, 0) is 0 Å². The first-order valence-corrected chi connectivity index (χ1v) is 7.70. The third-order valence-corrected chi connectivity index (χ3v) is 4.87. The van der Waals surface area contributed by atoms with Gasteiger partial charge in [0.25, 0.3) is 0 Å². The molecule has 2 nitrogen and oxygen atoms in total. The zero-order valence-electron chi connectivity index (χ0n) is 11.1. The number of halogens is 3. The SMILES string of the molecule is CCCNc1c(C)c(C)nc2c(Cl)c(Cl)c(Br)cc12. The predicted octanol–water partition coefficient (Wildman–Crippen LogP) is 5.74. The maximum atomic E-state index is 6.31. The Morgan fingerprint density at radius 2 is 1.95 bits per heavy atom. The molecule has 0 saturated heterocycles. The van der Waals surface area contributed by atoms with Gasteiger partial charge in [-0.05, 0) is 47.8 Å². The standard InChI is InChI=1S/C14H15BrCl2N2/c1-4-5-18-13-7(2)8(3)19-14-9(13)6-10(15)11(16)12(14)17/h6H,4-5H2,1-3H3,(H,18,19). The number of hydrogen-bond acceptors (Lipinski definition) is 2. The van der Waals surface area contributed by atoms with E-state index in [1.165, 1.54) is 0 Å². The van der Waals surface area contributed by atoms with Crippen molar-refractivity contribution in [1.82, 2.24) is 4.98 Å². The molecule has 19 heavy (non-hydrogen) atoms. The number of benzene rings is 1. The van der Waals surface area contributed by atoms with Crippen molar-refractivity contribution < 1.29 is 0 Å². The van der Waals surface area contributed by atoms with Crippen molar-refractivity contribution >= 4 is 55.7 Å². The number of aryl methyl sites for hydroxylation is 1. The van der Waals surface area contributed by atoms with Crippen LogP contribution in [0.4, 0.5) is 5.69 Å². The fraction of sp³-hybridized carbons (Fsp3) is 0.357. The second kappa shape index (κ2) is 5.86. The summed E-state index contributed by atoms with van der Waals surface area (Å²) in [5.41, 5.74) is 3.94. The van der Waals surface area contributed by atoms with E-state index in [2.05, 4.69) is 40.1 Å². The van der Waals surface area contributed by atoms with E-state index in [1.807, 2.05) is 13.0 Å². The molecule has 1 aromatic heterocycles. The Kier molecular flexibility index (Phi) is 4.59. The van der Waals surface area contributed by atoms with E-state index in [1.54, 1.807) is 0 Å². The molecule has 1 aromatic carbocycles. The first kappa shape index (κ1) is 14.9. The lowest BCUT2D eigenvalue weighted by Gasteiger charge is -2.16. The number of pyridine rings is 1. The third-order valence-electron chi connectivity index (χ3n) is 3.15. The van der Waals surface area contributed by atoms with Gasteiger partial charge in [0.05, 0.1) is 15.6 Å². The lowest BCUT2D eigenvalue weighted by atomic mass is 10.1. The van der Waals surface area contributed by atoms with E-state index in [0.29, 0.717) is 10.0 Å². The van der Waals surface area contributed by atoms with Crippen LogP contribution in [0.3, 0.4) is 0 Å². The van der Waals surface area contributed by atoms with Crippen molar-refractivity contribution in [3.63, 3.8) is 0 Å². The summed E-state index contributed by atoms with van der Waals surface area (Å²) in [5.74, 6) is 0. The minimum atomic E-state index is 0.494.